The van der Waals surface area contributed by atoms with Gasteiger partial charge in [0.1, 0.15) is 17.7 Å². The summed E-state index contributed by atoms with van der Waals surface area (Å²) >= 11 is 0. The van der Waals surface area contributed by atoms with E-state index in [1.54, 1.807) is 19.1 Å². The van der Waals surface area contributed by atoms with E-state index in [4.69, 9.17) is 10.5 Å². The maximum atomic E-state index is 15.0. The van der Waals surface area contributed by atoms with E-state index in [1.807, 2.05) is 9.80 Å². The lowest BCUT2D eigenvalue weighted by Crippen LogP contribution is -2.48. The van der Waals surface area contributed by atoms with Gasteiger partial charge >= 0.3 is 6.09 Å². The van der Waals surface area contributed by atoms with Crippen molar-refractivity contribution in [2.24, 2.45) is 11.7 Å². The van der Waals surface area contributed by atoms with Gasteiger partial charge in [0.2, 0.25) is 5.91 Å². The van der Waals surface area contributed by atoms with Crippen LogP contribution in [0.1, 0.15) is 17.3 Å². The number of ether oxygens (including phenoxy) is 1. The zero-order chi connectivity index (χ0) is 24.4. The smallest absolute Gasteiger partial charge is 0.414 e. The van der Waals surface area contributed by atoms with Crippen molar-refractivity contribution < 1.29 is 27.9 Å². The first-order valence-electron chi connectivity index (χ1n) is 11.1. The van der Waals surface area contributed by atoms with Crippen LogP contribution in [-0.4, -0.2) is 68.1 Å². The first-order chi connectivity index (χ1) is 16.2. The number of benzene rings is 2. The van der Waals surface area contributed by atoms with E-state index in [9.17, 15) is 23.2 Å². The number of ketones is 1. The second-order valence-electron chi connectivity index (χ2n) is 8.55. The summed E-state index contributed by atoms with van der Waals surface area (Å²) in [5.74, 6) is -2.18. The van der Waals surface area contributed by atoms with Crippen molar-refractivity contribution in [1.82, 2.24) is 4.90 Å². The number of nitrogens with zero attached hydrogens (tertiary/aromatic N) is 3. The summed E-state index contributed by atoms with van der Waals surface area (Å²) in [6.45, 7) is 4.10. The Labute approximate surface area is 195 Å². The third kappa shape index (κ3) is 5.01. The van der Waals surface area contributed by atoms with Gasteiger partial charge in [-0.1, -0.05) is 0 Å². The van der Waals surface area contributed by atoms with Crippen molar-refractivity contribution in [3.8, 4) is 0 Å². The molecule has 2 saturated heterocycles. The van der Waals surface area contributed by atoms with Crippen molar-refractivity contribution in [3.63, 3.8) is 0 Å². The molecule has 2 heterocycles. The first-order valence-corrected chi connectivity index (χ1v) is 11.1. The summed E-state index contributed by atoms with van der Waals surface area (Å²) < 4.78 is 33.2. The number of halogens is 2. The van der Waals surface area contributed by atoms with Crippen LogP contribution in [0.2, 0.25) is 0 Å². The fourth-order valence-corrected chi connectivity index (χ4v) is 4.14. The number of nitrogens with two attached hydrogens (primary N) is 1. The van der Waals surface area contributed by atoms with Crippen LogP contribution in [0.15, 0.2) is 42.5 Å². The van der Waals surface area contributed by atoms with E-state index in [0.717, 1.165) is 0 Å². The topological polar surface area (TPSA) is 96.2 Å². The van der Waals surface area contributed by atoms with Crippen LogP contribution in [0.25, 0.3) is 0 Å². The van der Waals surface area contributed by atoms with Crippen LogP contribution in [0.5, 0.6) is 0 Å². The Hall–Kier alpha value is -3.53. The molecule has 2 aromatic rings. The predicted molar refractivity (Wildman–Crippen MR) is 122 cm³/mol. The molecular weight excluding hydrogens is 446 g/mol. The fourth-order valence-electron chi connectivity index (χ4n) is 4.14. The van der Waals surface area contributed by atoms with E-state index < -0.39 is 29.8 Å². The van der Waals surface area contributed by atoms with Crippen LogP contribution >= 0.6 is 0 Å². The van der Waals surface area contributed by atoms with Gasteiger partial charge < -0.3 is 15.4 Å². The minimum atomic E-state index is -0.682. The van der Waals surface area contributed by atoms with Crippen molar-refractivity contribution in [3.05, 3.63) is 59.7 Å². The number of piperazine rings is 1. The molecule has 4 rings (SSSR count). The van der Waals surface area contributed by atoms with Crippen molar-refractivity contribution in [1.29, 1.82) is 0 Å². The average Bonchev–Trinajstić information content (AvgIpc) is 3.21. The molecule has 2 aromatic carbocycles. The molecule has 10 heteroatoms. The number of carbonyl (C=O) groups is 3. The van der Waals surface area contributed by atoms with Gasteiger partial charge in [-0.3, -0.25) is 19.4 Å². The fraction of sp³-hybridized carbons (Fsp3) is 0.375. The third-order valence-electron chi connectivity index (χ3n) is 6.33. The lowest BCUT2D eigenvalue weighted by Gasteiger charge is -2.36. The van der Waals surface area contributed by atoms with Gasteiger partial charge in [-0.2, -0.15) is 0 Å². The maximum Gasteiger partial charge on any atom is 0.414 e. The monoisotopic (exact) mass is 472 g/mol. The molecule has 2 amide bonds. The molecule has 2 aliphatic heterocycles. The lowest BCUT2D eigenvalue weighted by atomic mass is 10.0. The lowest BCUT2D eigenvalue weighted by molar-refractivity contribution is -0.123. The average molecular weight is 472 g/mol. The highest BCUT2D eigenvalue weighted by atomic mass is 19.1. The van der Waals surface area contributed by atoms with Crippen LogP contribution in [-0.2, 0) is 9.53 Å². The minimum Gasteiger partial charge on any atom is -0.443 e. The Morgan fingerprint density at radius 1 is 1.09 bits per heavy atom. The van der Waals surface area contributed by atoms with Gasteiger partial charge in [-0.15, -0.1) is 0 Å². The first kappa shape index (κ1) is 23.6. The van der Waals surface area contributed by atoms with Crippen molar-refractivity contribution in [2.45, 2.75) is 13.0 Å². The number of cyclic esters (lactones) is 1. The number of primary amides is 1. The van der Waals surface area contributed by atoms with Crippen molar-refractivity contribution >= 4 is 29.2 Å². The maximum absolute atomic E-state index is 15.0. The Morgan fingerprint density at radius 2 is 1.76 bits per heavy atom. The highest BCUT2D eigenvalue weighted by Gasteiger charge is 2.38. The van der Waals surface area contributed by atoms with E-state index >= 15 is 0 Å². The highest BCUT2D eigenvalue weighted by molar-refractivity contribution is 5.97. The Balaban J connectivity index is 1.35. The number of Topliss-reactive ketones (excluding diaryl/α,β-unsaturated/α-hetero) is 1. The number of rotatable bonds is 7. The highest BCUT2D eigenvalue weighted by Crippen LogP contribution is 2.30. The van der Waals surface area contributed by atoms with Gasteiger partial charge in [0.05, 0.1) is 30.4 Å². The zero-order valence-corrected chi connectivity index (χ0v) is 18.7. The molecule has 2 aliphatic rings. The second kappa shape index (κ2) is 9.76. The molecule has 0 aliphatic carbocycles. The predicted octanol–water partition coefficient (Wildman–Crippen LogP) is 2.42. The van der Waals surface area contributed by atoms with Gasteiger partial charge in [-0.05, 0) is 49.4 Å². The molecule has 2 unspecified atom stereocenters. The normalized spacial score (nSPS) is 19.7. The molecule has 8 nitrogen and oxygen atoms in total. The van der Waals surface area contributed by atoms with Crippen LogP contribution in [0.3, 0.4) is 0 Å². The van der Waals surface area contributed by atoms with Gasteiger partial charge in [-0.25, -0.2) is 13.6 Å². The SMILES string of the molecule is CC(C(N)=O)C1CN(c2ccc(N3CCN(CC(=O)c4ccc(F)cc4)CC3)c(F)c2)C(=O)O1. The summed E-state index contributed by atoms with van der Waals surface area (Å²) in [5, 5.41) is 0. The van der Waals surface area contributed by atoms with Crippen LogP contribution < -0.4 is 15.5 Å². The summed E-state index contributed by atoms with van der Waals surface area (Å²) in [5.41, 5.74) is 6.50. The van der Waals surface area contributed by atoms with E-state index in [2.05, 4.69) is 0 Å². The number of amides is 2. The van der Waals surface area contributed by atoms with Gasteiger partial charge in [0.15, 0.2) is 5.78 Å². The molecule has 0 radical (unpaired) electrons. The minimum absolute atomic E-state index is 0.0922. The largest absolute Gasteiger partial charge is 0.443 e. The molecule has 0 spiro atoms. The van der Waals surface area contributed by atoms with Crippen LogP contribution in [0.4, 0.5) is 25.0 Å². The Bertz CT molecular complexity index is 1090. The molecule has 0 saturated carbocycles. The standard InChI is InChI=1S/C24H26F2N4O4/c1-15(23(27)32)22-14-30(24(33)34-22)18-6-7-20(19(26)12-18)29-10-8-28(9-11-29)13-21(31)16-2-4-17(25)5-3-16/h2-7,12,15,22H,8-11,13-14H2,1H3,(H2,27,32). The molecule has 2 atom stereocenters. The van der Waals surface area contributed by atoms with Crippen molar-refractivity contribution in [2.75, 3.05) is 49.1 Å². The Kier molecular flexibility index (Phi) is 6.78. The third-order valence-corrected chi connectivity index (χ3v) is 6.33. The summed E-state index contributed by atoms with van der Waals surface area (Å²) in [7, 11) is 0. The van der Waals surface area contributed by atoms with Gasteiger partial charge in [0, 0.05) is 31.7 Å². The molecule has 0 aromatic heterocycles. The van der Waals surface area contributed by atoms with E-state index in [1.165, 1.54) is 35.2 Å². The number of hydrogen-bond donors (Lipinski definition) is 1. The zero-order valence-electron chi connectivity index (χ0n) is 18.7. The van der Waals surface area contributed by atoms with E-state index in [0.29, 0.717) is 43.1 Å². The molecule has 2 fully saturated rings. The van der Waals surface area contributed by atoms with Gasteiger partial charge in [0.25, 0.3) is 0 Å². The summed E-state index contributed by atoms with van der Waals surface area (Å²) in [4.78, 5) is 41.2. The number of anilines is 2. The molecular formula is C24H26F2N4O4. The molecule has 180 valence electrons. The van der Waals surface area contributed by atoms with E-state index in [-0.39, 0.29) is 24.7 Å². The molecule has 2 N–H and O–H groups in total. The summed E-state index contributed by atoms with van der Waals surface area (Å²) in [6.07, 6.45) is -1.33. The second-order valence-corrected chi connectivity index (χ2v) is 8.55. The van der Waals surface area contributed by atoms with Crippen LogP contribution in [0, 0.1) is 17.6 Å². The molecule has 34 heavy (non-hydrogen) atoms. The quantitative estimate of drug-likeness (QED) is 0.622. The Morgan fingerprint density at radius 3 is 2.38 bits per heavy atom. The number of hydrogen-bond acceptors (Lipinski definition) is 6. The summed E-state index contributed by atoms with van der Waals surface area (Å²) in [6, 6.07) is 9.99. The molecule has 0 bridgehead atoms. The number of carbonyl (C=O) groups excluding carboxylic acids is 3.